The maximum Gasteiger partial charge on any atom is 0.240 e. The van der Waals surface area contributed by atoms with E-state index in [0.29, 0.717) is 5.91 Å². The fourth-order valence-electron chi connectivity index (χ4n) is 4.02. The highest BCUT2D eigenvalue weighted by molar-refractivity contribution is 7.99. The molecule has 1 aromatic rings. The number of hydrogen-bond donors (Lipinski definition) is 1. The maximum atomic E-state index is 12.5. The molecule has 1 N–H and O–H groups in total. The lowest BCUT2D eigenvalue weighted by Gasteiger charge is -2.35. The lowest BCUT2D eigenvalue weighted by molar-refractivity contribution is -0.134. The second-order valence-corrected chi connectivity index (χ2v) is 7.90. The normalized spacial score (nSPS) is 25.0. The van der Waals surface area contributed by atoms with E-state index in [1.54, 1.807) is 0 Å². The molecule has 124 valence electrons. The highest BCUT2D eigenvalue weighted by Gasteiger charge is 2.31. The first-order chi connectivity index (χ1) is 11.3. The number of rotatable bonds is 3. The van der Waals surface area contributed by atoms with Crippen molar-refractivity contribution in [2.75, 3.05) is 42.7 Å². The Morgan fingerprint density at radius 1 is 1.22 bits per heavy atom. The van der Waals surface area contributed by atoms with Crippen LogP contribution in [0.4, 0.5) is 5.69 Å². The Morgan fingerprint density at radius 2 is 2.04 bits per heavy atom. The maximum absolute atomic E-state index is 12.5. The Morgan fingerprint density at radius 3 is 2.83 bits per heavy atom. The van der Waals surface area contributed by atoms with Gasteiger partial charge in [-0.05, 0) is 36.8 Å². The molecule has 2 saturated heterocycles. The molecular formula is C18H25N3OS. The van der Waals surface area contributed by atoms with Crippen molar-refractivity contribution in [3.05, 3.63) is 29.8 Å². The Hall–Kier alpha value is -1.20. The van der Waals surface area contributed by atoms with Gasteiger partial charge in [0.25, 0.3) is 0 Å². The smallest absolute Gasteiger partial charge is 0.240 e. The standard InChI is InChI=1S/C18H25N3OS/c22-18(16-12-23-13-19-16)20-8-5-14(6-9-20)11-21-10-7-15-3-1-2-4-17(15)21/h1-4,14,16,19H,5-13H2/t16-/m1/s1. The Balaban J connectivity index is 1.30. The molecule has 0 bridgehead atoms. The predicted molar refractivity (Wildman–Crippen MR) is 95.9 cm³/mol. The van der Waals surface area contributed by atoms with E-state index in [9.17, 15) is 4.79 Å². The molecule has 2 fully saturated rings. The van der Waals surface area contributed by atoms with Crippen molar-refractivity contribution >= 4 is 23.4 Å². The molecule has 0 saturated carbocycles. The number of hydrogen-bond acceptors (Lipinski definition) is 4. The molecule has 0 unspecified atom stereocenters. The van der Waals surface area contributed by atoms with Gasteiger partial charge in [-0.15, -0.1) is 11.8 Å². The van der Waals surface area contributed by atoms with Gasteiger partial charge in [0.05, 0.1) is 6.04 Å². The Bertz CT molecular complexity index is 565. The molecule has 1 amide bonds. The van der Waals surface area contributed by atoms with E-state index >= 15 is 0 Å². The summed E-state index contributed by atoms with van der Waals surface area (Å²) in [6, 6.07) is 8.85. The number of amides is 1. The van der Waals surface area contributed by atoms with Gasteiger partial charge in [-0.2, -0.15) is 0 Å². The summed E-state index contributed by atoms with van der Waals surface area (Å²) in [6.45, 7) is 4.17. The molecule has 0 spiro atoms. The van der Waals surface area contributed by atoms with Gasteiger partial charge in [-0.3, -0.25) is 10.1 Å². The fourth-order valence-corrected chi connectivity index (χ4v) is 4.95. The summed E-state index contributed by atoms with van der Waals surface area (Å²) in [5.74, 6) is 2.89. The molecule has 0 radical (unpaired) electrons. The molecule has 0 aromatic heterocycles. The number of likely N-dealkylation sites (tertiary alicyclic amines) is 1. The van der Waals surface area contributed by atoms with E-state index in [0.717, 1.165) is 56.6 Å². The summed E-state index contributed by atoms with van der Waals surface area (Å²) in [4.78, 5) is 17.1. The number of benzene rings is 1. The third-order valence-corrected chi connectivity index (χ3v) is 6.34. The first kappa shape index (κ1) is 15.3. The van der Waals surface area contributed by atoms with Crippen molar-refractivity contribution < 1.29 is 4.79 Å². The topological polar surface area (TPSA) is 35.6 Å². The number of piperidine rings is 1. The van der Waals surface area contributed by atoms with Gasteiger partial charge in [-0.1, -0.05) is 18.2 Å². The zero-order chi connectivity index (χ0) is 15.6. The monoisotopic (exact) mass is 331 g/mol. The molecular weight excluding hydrogens is 306 g/mol. The summed E-state index contributed by atoms with van der Waals surface area (Å²) in [5.41, 5.74) is 2.92. The summed E-state index contributed by atoms with van der Waals surface area (Å²) in [7, 11) is 0. The van der Waals surface area contributed by atoms with Crippen LogP contribution in [-0.4, -0.2) is 54.7 Å². The quantitative estimate of drug-likeness (QED) is 0.918. The first-order valence-corrected chi connectivity index (χ1v) is 9.89. The molecule has 3 aliphatic heterocycles. The van der Waals surface area contributed by atoms with Crippen molar-refractivity contribution in [1.82, 2.24) is 10.2 Å². The molecule has 4 nitrogen and oxygen atoms in total. The van der Waals surface area contributed by atoms with E-state index in [2.05, 4.69) is 39.4 Å². The van der Waals surface area contributed by atoms with Crippen LogP contribution >= 0.6 is 11.8 Å². The van der Waals surface area contributed by atoms with Crippen LogP contribution in [0.25, 0.3) is 0 Å². The van der Waals surface area contributed by atoms with Gasteiger partial charge in [0.1, 0.15) is 0 Å². The number of para-hydroxylation sites is 1. The first-order valence-electron chi connectivity index (χ1n) is 8.74. The second kappa shape index (κ2) is 6.73. The summed E-state index contributed by atoms with van der Waals surface area (Å²) in [5, 5.41) is 3.30. The number of thioether (sulfide) groups is 1. The number of carbonyl (C=O) groups is 1. The van der Waals surface area contributed by atoms with Gasteiger partial charge in [-0.25, -0.2) is 0 Å². The van der Waals surface area contributed by atoms with Crippen LogP contribution in [0.1, 0.15) is 18.4 Å². The number of nitrogens with zero attached hydrogens (tertiary/aromatic N) is 2. The molecule has 4 rings (SSSR count). The van der Waals surface area contributed by atoms with Crippen molar-refractivity contribution in [2.24, 2.45) is 5.92 Å². The highest BCUT2D eigenvalue weighted by atomic mass is 32.2. The van der Waals surface area contributed by atoms with E-state index in [1.165, 1.54) is 17.7 Å². The predicted octanol–water partition coefficient (Wildman–Crippen LogP) is 1.95. The minimum Gasteiger partial charge on any atom is -0.371 e. The van der Waals surface area contributed by atoms with Crippen LogP contribution in [-0.2, 0) is 11.2 Å². The van der Waals surface area contributed by atoms with Crippen LogP contribution in [0.3, 0.4) is 0 Å². The molecule has 1 aromatic carbocycles. The Labute approximate surface area is 142 Å². The second-order valence-electron chi connectivity index (χ2n) is 6.87. The summed E-state index contributed by atoms with van der Waals surface area (Å²) >= 11 is 1.82. The zero-order valence-electron chi connectivity index (χ0n) is 13.5. The molecule has 23 heavy (non-hydrogen) atoms. The van der Waals surface area contributed by atoms with Crippen LogP contribution in [0.15, 0.2) is 24.3 Å². The van der Waals surface area contributed by atoms with Gasteiger partial charge < -0.3 is 9.80 Å². The van der Waals surface area contributed by atoms with Crippen LogP contribution < -0.4 is 10.2 Å². The zero-order valence-corrected chi connectivity index (χ0v) is 14.4. The number of carbonyl (C=O) groups excluding carboxylic acids is 1. The van der Waals surface area contributed by atoms with E-state index < -0.39 is 0 Å². The third-order valence-electron chi connectivity index (χ3n) is 5.40. The van der Waals surface area contributed by atoms with Crippen molar-refractivity contribution in [1.29, 1.82) is 0 Å². The highest BCUT2D eigenvalue weighted by Crippen LogP contribution is 2.30. The Kier molecular flexibility index (Phi) is 4.49. The fraction of sp³-hybridized carbons (Fsp3) is 0.611. The van der Waals surface area contributed by atoms with E-state index in [4.69, 9.17) is 0 Å². The van der Waals surface area contributed by atoms with Gasteiger partial charge in [0, 0.05) is 43.5 Å². The third kappa shape index (κ3) is 3.22. The largest absolute Gasteiger partial charge is 0.371 e. The van der Waals surface area contributed by atoms with E-state index in [1.807, 2.05) is 11.8 Å². The lowest BCUT2D eigenvalue weighted by Crippen LogP contribution is -2.48. The summed E-state index contributed by atoms with van der Waals surface area (Å²) < 4.78 is 0. The minimum absolute atomic E-state index is 0.0574. The SMILES string of the molecule is O=C([C@H]1CSCN1)N1CCC(CN2CCc3ccccc32)CC1. The van der Waals surface area contributed by atoms with Crippen molar-refractivity contribution in [2.45, 2.75) is 25.3 Å². The molecule has 1 atom stereocenters. The molecule has 3 aliphatic rings. The van der Waals surface area contributed by atoms with Gasteiger partial charge in [0.2, 0.25) is 5.91 Å². The average Bonchev–Trinajstić information content (AvgIpc) is 3.25. The average molecular weight is 331 g/mol. The van der Waals surface area contributed by atoms with Crippen LogP contribution in [0.5, 0.6) is 0 Å². The van der Waals surface area contributed by atoms with Crippen molar-refractivity contribution in [3.63, 3.8) is 0 Å². The van der Waals surface area contributed by atoms with Gasteiger partial charge >= 0.3 is 0 Å². The van der Waals surface area contributed by atoms with Crippen molar-refractivity contribution in [3.8, 4) is 0 Å². The number of anilines is 1. The summed E-state index contributed by atoms with van der Waals surface area (Å²) in [6.07, 6.45) is 3.47. The van der Waals surface area contributed by atoms with Gasteiger partial charge in [0.15, 0.2) is 0 Å². The number of nitrogens with one attached hydrogen (secondary N) is 1. The molecule has 0 aliphatic carbocycles. The molecule has 5 heteroatoms. The lowest BCUT2D eigenvalue weighted by atomic mass is 9.95. The number of fused-ring (bicyclic) bond motifs is 1. The van der Waals surface area contributed by atoms with Crippen LogP contribution in [0, 0.1) is 5.92 Å². The van der Waals surface area contributed by atoms with Crippen LogP contribution in [0.2, 0.25) is 0 Å². The van der Waals surface area contributed by atoms with E-state index in [-0.39, 0.29) is 6.04 Å². The molecule has 3 heterocycles. The minimum atomic E-state index is 0.0574.